The van der Waals surface area contributed by atoms with E-state index in [1.165, 1.54) is 17.0 Å². The Kier molecular flexibility index (Phi) is 9.08. The average molecular weight is 501 g/mol. The first-order chi connectivity index (χ1) is 16.2. The van der Waals surface area contributed by atoms with Crippen LogP contribution in [-0.2, 0) is 29.0 Å². The highest BCUT2D eigenvalue weighted by molar-refractivity contribution is 6.31. The maximum atomic E-state index is 14.5. The molecule has 0 bridgehead atoms. The van der Waals surface area contributed by atoms with E-state index in [0.29, 0.717) is 11.4 Å². The molecule has 34 heavy (non-hydrogen) atoms. The Morgan fingerprint density at radius 3 is 2.21 bits per heavy atom. The summed E-state index contributed by atoms with van der Waals surface area (Å²) >= 11 is 12.2. The standard InChI is InChI=1S/C27H27Cl2FN2O2/c1-18(2)31-27(34)25(15-19-7-4-3-5-8-19)32(17-20-11-13-21(28)14-12-20)26(33)16-22-23(29)9-6-10-24(22)30/h3-14,18,25H,15-17H2,1-2H3,(H,31,34). The first kappa shape index (κ1) is 25.7. The van der Waals surface area contributed by atoms with E-state index >= 15 is 0 Å². The number of nitrogens with one attached hydrogen (secondary N) is 1. The van der Waals surface area contributed by atoms with Crippen LogP contribution in [-0.4, -0.2) is 28.8 Å². The van der Waals surface area contributed by atoms with Gasteiger partial charge in [0.1, 0.15) is 11.9 Å². The van der Waals surface area contributed by atoms with Crippen molar-refractivity contribution in [3.05, 3.63) is 105 Å². The predicted molar refractivity (Wildman–Crippen MR) is 134 cm³/mol. The van der Waals surface area contributed by atoms with Crippen molar-refractivity contribution in [2.45, 2.75) is 45.3 Å². The third-order valence-corrected chi connectivity index (χ3v) is 5.96. The highest BCUT2D eigenvalue weighted by Gasteiger charge is 2.31. The molecule has 0 aliphatic rings. The van der Waals surface area contributed by atoms with Gasteiger partial charge in [0.2, 0.25) is 11.8 Å². The van der Waals surface area contributed by atoms with Gasteiger partial charge < -0.3 is 10.2 Å². The van der Waals surface area contributed by atoms with Crippen LogP contribution < -0.4 is 5.32 Å². The lowest BCUT2D eigenvalue weighted by atomic mass is 10.0. The minimum atomic E-state index is -0.807. The maximum Gasteiger partial charge on any atom is 0.243 e. The lowest BCUT2D eigenvalue weighted by Gasteiger charge is -2.32. The van der Waals surface area contributed by atoms with Gasteiger partial charge in [0.15, 0.2) is 0 Å². The highest BCUT2D eigenvalue weighted by Crippen LogP contribution is 2.23. The van der Waals surface area contributed by atoms with Crippen LogP contribution in [0.2, 0.25) is 10.0 Å². The van der Waals surface area contributed by atoms with Crippen LogP contribution in [0.4, 0.5) is 4.39 Å². The van der Waals surface area contributed by atoms with E-state index in [9.17, 15) is 14.0 Å². The summed E-state index contributed by atoms with van der Waals surface area (Å²) in [6.07, 6.45) is 0.0447. The fraction of sp³-hybridized carbons (Fsp3) is 0.259. The maximum absolute atomic E-state index is 14.5. The number of amides is 2. The largest absolute Gasteiger partial charge is 0.352 e. The third kappa shape index (κ3) is 7.05. The SMILES string of the molecule is CC(C)NC(=O)C(Cc1ccccc1)N(Cc1ccc(Cl)cc1)C(=O)Cc1c(F)cccc1Cl. The molecule has 3 aromatic carbocycles. The van der Waals surface area contributed by atoms with Crippen LogP contribution in [0.3, 0.4) is 0 Å². The van der Waals surface area contributed by atoms with Gasteiger partial charge in [-0.1, -0.05) is 71.7 Å². The molecule has 0 aliphatic heterocycles. The Morgan fingerprint density at radius 2 is 1.59 bits per heavy atom. The van der Waals surface area contributed by atoms with Crippen molar-refractivity contribution in [1.29, 1.82) is 0 Å². The van der Waals surface area contributed by atoms with Gasteiger partial charge in [-0.3, -0.25) is 9.59 Å². The topological polar surface area (TPSA) is 49.4 Å². The minimum Gasteiger partial charge on any atom is -0.352 e. The van der Waals surface area contributed by atoms with Gasteiger partial charge in [0.05, 0.1) is 6.42 Å². The number of nitrogens with zero attached hydrogens (tertiary/aromatic N) is 1. The summed E-state index contributed by atoms with van der Waals surface area (Å²) in [5.41, 5.74) is 1.81. The van der Waals surface area contributed by atoms with E-state index < -0.39 is 17.8 Å². The molecule has 3 aromatic rings. The van der Waals surface area contributed by atoms with Crippen LogP contribution in [0.5, 0.6) is 0 Å². The zero-order chi connectivity index (χ0) is 24.7. The van der Waals surface area contributed by atoms with Gasteiger partial charge in [-0.15, -0.1) is 0 Å². The summed E-state index contributed by atoms with van der Waals surface area (Å²) in [6.45, 7) is 3.88. The molecule has 0 fully saturated rings. The summed E-state index contributed by atoms with van der Waals surface area (Å²) in [5, 5.41) is 3.67. The number of benzene rings is 3. The Labute approximate surface area is 209 Å². The van der Waals surface area contributed by atoms with Gasteiger partial charge in [0.25, 0.3) is 0 Å². The molecule has 0 heterocycles. The monoisotopic (exact) mass is 500 g/mol. The molecule has 7 heteroatoms. The van der Waals surface area contributed by atoms with Gasteiger partial charge >= 0.3 is 0 Å². The molecular formula is C27H27Cl2FN2O2. The van der Waals surface area contributed by atoms with Crippen LogP contribution in [0.25, 0.3) is 0 Å². The molecule has 178 valence electrons. The number of hydrogen-bond acceptors (Lipinski definition) is 2. The number of carbonyl (C=O) groups is 2. The molecule has 0 spiro atoms. The number of hydrogen-bond donors (Lipinski definition) is 1. The van der Waals surface area contributed by atoms with E-state index in [2.05, 4.69) is 5.32 Å². The molecule has 3 rings (SSSR count). The lowest BCUT2D eigenvalue weighted by molar-refractivity contribution is -0.141. The smallest absolute Gasteiger partial charge is 0.243 e. The lowest BCUT2D eigenvalue weighted by Crippen LogP contribution is -2.52. The van der Waals surface area contributed by atoms with Crippen molar-refractivity contribution in [2.24, 2.45) is 0 Å². The minimum absolute atomic E-state index is 0.109. The zero-order valence-corrected chi connectivity index (χ0v) is 20.6. The van der Waals surface area contributed by atoms with Crippen molar-refractivity contribution in [3.8, 4) is 0 Å². The zero-order valence-electron chi connectivity index (χ0n) is 19.1. The van der Waals surface area contributed by atoms with Crippen LogP contribution in [0, 0.1) is 5.82 Å². The van der Waals surface area contributed by atoms with Gasteiger partial charge in [-0.05, 0) is 49.2 Å². The average Bonchev–Trinajstić information content (AvgIpc) is 2.80. The molecule has 0 aromatic heterocycles. The molecule has 1 unspecified atom stereocenters. The second-order valence-corrected chi connectivity index (χ2v) is 9.24. The van der Waals surface area contributed by atoms with Gasteiger partial charge in [-0.2, -0.15) is 0 Å². The summed E-state index contributed by atoms with van der Waals surface area (Å²) in [5.74, 6) is -1.24. The quantitative estimate of drug-likeness (QED) is 0.401. The third-order valence-electron chi connectivity index (χ3n) is 5.36. The Hall–Kier alpha value is -2.89. The number of halogens is 3. The van der Waals surface area contributed by atoms with Gasteiger partial charge in [-0.25, -0.2) is 4.39 Å². The molecule has 0 radical (unpaired) electrons. The van der Waals surface area contributed by atoms with Crippen molar-refractivity contribution in [1.82, 2.24) is 10.2 Å². The molecule has 1 N–H and O–H groups in total. The van der Waals surface area contributed by atoms with Gasteiger partial charge in [0, 0.05) is 34.6 Å². The Morgan fingerprint density at radius 1 is 0.912 bits per heavy atom. The van der Waals surface area contributed by atoms with E-state index in [-0.39, 0.29) is 35.5 Å². The molecule has 0 saturated carbocycles. The van der Waals surface area contributed by atoms with E-state index in [4.69, 9.17) is 23.2 Å². The van der Waals surface area contributed by atoms with Crippen molar-refractivity contribution >= 4 is 35.0 Å². The molecule has 0 aliphatic carbocycles. The molecular weight excluding hydrogens is 474 g/mol. The highest BCUT2D eigenvalue weighted by atomic mass is 35.5. The first-order valence-electron chi connectivity index (χ1n) is 11.1. The summed E-state index contributed by atoms with van der Waals surface area (Å²) < 4.78 is 14.5. The first-order valence-corrected chi connectivity index (χ1v) is 11.8. The summed E-state index contributed by atoms with van der Waals surface area (Å²) in [6, 6.07) is 19.9. The number of rotatable bonds is 9. The fourth-order valence-corrected chi connectivity index (χ4v) is 4.03. The summed E-state index contributed by atoms with van der Waals surface area (Å²) in [4.78, 5) is 28.4. The Bertz CT molecular complexity index is 1100. The normalized spacial score (nSPS) is 11.8. The fourth-order valence-electron chi connectivity index (χ4n) is 3.68. The summed E-state index contributed by atoms with van der Waals surface area (Å²) in [7, 11) is 0. The van der Waals surface area contributed by atoms with Crippen molar-refractivity contribution in [2.75, 3.05) is 0 Å². The van der Waals surface area contributed by atoms with Crippen LogP contribution in [0.1, 0.15) is 30.5 Å². The molecule has 0 saturated heterocycles. The van der Waals surface area contributed by atoms with Crippen molar-refractivity contribution < 1.29 is 14.0 Å². The van der Waals surface area contributed by atoms with E-state index in [1.54, 1.807) is 30.3 Å². The molecule has 4 nitrogen and oxygen atoms in total. The van der Waals surface area contributed by atoms with E-state index in [1.807, 2.05) is 44.2 Å². The van der Waals surface area contributed by atoms with Crippen LogP contribution >= 0.6 is 23.2 Å². The van der Waals surface area contributed by atoms with Crippen molar-refractivity contribution in [3.63, 3.8) is 0 Å². The Balaban J connectivity index is 2.00. The number of carbonyl (C=O) groups excluding carboxylic acids is 2. The van der Waals surface area contributed by atoms with E-state index in [0.717, 1.165) is 11.1 Å². The second-order valence-electron chi connectivity index (χ2n) is 8.39. The second kappa shape index (κ2) is 12.0. The van der Waals surface area contributed by atoms with Crippen LogP contribution in [0.15, 0.2) is 72.8 Å². The molecule has 2 amide bonds. The molecule has 1 atom stereocenters. The predicted octanol–water partition coefficient (Wildman–Crippen LogP) is 5.84.